The lowest BCUT2D eigenvalue weighted by molar-refractivity contribution is 0.220. The Hall–Kier alpha value is -1.20. The molecule has 1 N–H and O–H groups in total. The van der Waals surface area contributed by atoms with Crippen LogP contribution in [0.5, 0.6) is 0 Å². The zero-order chi connectivity index (χ0) is 13.0. The van der Waals surface area contributed by atoms with E-state index in [1.807, 2.05) is 0 Å². The Kier molecular flexibility index (Phi) is 4.49. The number of aliphatic hydroxyl groups is 1. The Morgan fingerprint density at radius 3 is 2.72 bits per heavy atom. The third-order valence-corrected chi connectivity index (χ3v) is 3.75. The van der Waals surface area contributed by atoms with Crippen molar-refractivity contribution in [3.8, 4) is 0 Å². The number of rotatable bonds is 4. The molecule has 0 amide bonds. The number of hydrogen-bond donors (Lipinski definition) is 1. The fourth-order valence-corrected chi connectivity index (χ4v) is 2.45. The lowest BCUT2D eigenvalue weighted by Gasteiger charge is -2.36. The van der Waals surface area contributed by atoms with Crippen molar-refractivity contribution in [1.82, 2.24) is 14.9 Å². The first-order chi connectivity index (χ1) is 8.74. The number of likely N-dealkylation sites (tertiary alicyclic amines) is 1. The molecule has 1 aliphatic heterocycles. The molecule has 1 saturated heterocycles. The van der Waals surface area contributed by atoms with E-state index in [1.54, 1.807) is 12.4 Å². The maximum atomic E-state index is 9.09. The van der Waals surface area contributed by atoms with Gasteiger partial charge in [-0.15, -0.1) is 0 Å². The summed E-state index contributed by atoms with van der Waals surface area (Å²) < 4.78 is 0. The molecule has 5 nitrogen and oxygen atoms in total. The van der Waals surface area contributed by atoms with Crippen LogP contribution in [0, 0.1) is 0 Å². The molecular weight excluding hydrogens is 228 g/mol. The third kappa shape index (κ3) is 2.97. The highest BCUT2D eigenvalue weighted by molar-refractivity contribution is 5.36. The molecule has 18 heavy (non-hydrogen) atoms. The highest BCUT2D eigenvalue weighted by Crippen LogP contribution is 2.19. The molecule has 0 aliphatic carbocycles. The van der Waals surface area contributed by atoms with Gasteiger partial charge in [-0.2, -0.15) is 0 Å². The molecule has 2 rings (SSSR count). The van der Waals surface area contributed by atoms with Crippen molar-refractivity contribution in [3.05, 3.63) is 18.1 Å². The molecule has 0 spiro atoms. The maximum absolute atomic E-state index is 9.09. The van der Waals surface area contributed by atoms with Crippen molar-refractivity contribution in [2.45, 2.75) is 32.4 Å². The summed E-state index contributed by atoms with van der Waals surface area (Å²) in [7, 11) is 2.07. The molecule has 5 heteroatoms. The Morgan fingerprint density at radius 2 is 2.11 bits per heavy atom. The normalized spacial score (nSPS) is 17.9. The van der Waals surface area contributed by atoms with E-state index < -0.39 is 0 Å². The Balaban J connectivity index is 2.00. The SMILES string of the molecule is CCN1CCC(N(C)c2cncc(CO)n2)CC1. The zero-order valence-electron chi connectivity index (χ0n) is 11.2. The second-order valence-corrected chi connectivity index (χ2v) is 4.80. The molecular formula is C13H22N4O. The first-order valence-corrected chi connectivity index (χ1v) is 6.61. The molecule has 2 heterocycles. The summed E-state index contributed by atoms with van der Waals surface area (Å²) in [6.07, 6.45) is 5.70. The van der Waals surface area contributed by atoms with Gasteiger partial charge in [0.25, 0.3) is 0 Å². The Labute approximate surface area is 108 Å². The Morgan fingerprint density at radius 1 is 1.39 bits per heavy atom. The predicted octanol–water partition coefficient (Wildman–Crippen LogP) is 0.889. The van der Waals surface area contributed by atoms with Gasteiger partial charge in [-0.05, 0) is 19.4 Å². The number of anilines is 1. The van der Waals surface area contributed by atoms with Gasteiger partial charge in [-0.25, -0.2) is 4.98 Å². The van der Waals surface area contributed by atoms with Gasteiger partial charge in [0.15, 0.2) is 0 Å². The van der Waals surface area contributed by atoms with Crippen LogP contribution in [0.3, 0.4) is 0 Å². The number of aliphatic hydroxyl groups excluding tert-OH is 1. The van der Waals surface area contributed by atoms with Crippen LogP contribution in [0.1, 0.15) is 25.5 Å². The molecule has 0 bridgehead atoms. The summed E-state index contributed by atoms with van der Waals surface area (Å²) in [6.45, 7) is 5.59. The average molecular weight is 250 g/mol. The van der Waals surface area contributed by atoms with Crippen LogP contribution in [-0.2, 0) is 6.61 Å². The molecule has 0 unspecified atom stereocenters. The molecule has 0 aromatic carbocycles. The Bertz CT molecular complexity index is 377. The second kappa shape index (κ2) is 6.11. The van der Waals surface area contributed by atoms with Crippen molar-refractivity contribution in [1.29, 1.82) is 0 Å². The minimum atomic E-state index is -0.0526. The maximum Gasteiger partial charge on any atom is 0.147 e. The second-order valence-electron chi connectivity index (χ2n) is 4.80. The van der Waals surface area contributed by atoms with Crippen LogP contribution in [0.2, 0.25) is 0 Å². The molecule has 0 radical (unpaired) electrons. The topological polar surface area (TPSA) is 52.5 Å². The highest BCUT2D eigenvalue weighted by Gasteiger charge is 2.22. The summed E-state index contributed by atoms with van der Waals surface area (Å²) in [5.41, 5.74) is 0.630. The summed E-state index contributed by atoms with van der Waals surface area (Å²) in [4.78, 5) is 13.2. The average Bonchev–Trinajstić information content (AvgIpc) is 2.46. The third-order valence-electron chi connectivity index (χ3n) is 3.75. The van der Waals surface area contributed by atoms with E-state index in [-0.39, 0.29) is 6.61 Å². The fraction of sp³-hybridized carbons (Fsp3) is 0.692. The predicted molar refractivity (Wildman–Crippen MR) is 71.5 cm³/mol. The highest BCUT2D eigenvalue weighted by atomic mass is 16.3. The molecule has 0 atom stereocenters. The summed E-state index contributed by atoms with van der Waals surface area (Å²) >= 11 is 0. The molecule has 1 aromatic heterocycles. The largest absolute Gasteiger partial charge is 0.390 e. The van der Waals surface area contributed by atoms with Crippen LogP contribution in [0.25, 0.3) is 0 Å². The van der Waals surface area contributed by atoms with E-state index in [0.717, 1.165) is 38.3 Å². The van der Waals surface area contributed by atoms with Gasteiger partial charge < -0.3 is 14.9 Å². The van der Waals surface area contributed by atoms with Crippen LogP contribution in [-0.4, -0.2) is 52.7 Å². The quantitative estimate of drug-likeness (QED) is 0.860. The first-order valence-electron chi connectivity index (χ1n) is 6.61. The van der Waals surface area contributed by atoms with Gasteiger partial charge in [0.05, 0.1) is 24.7 Å². The van der Waals surface area contributed by atoms with Crippen molar-refractivity contribution in [2.75, 3.05) is 31.6 Å². The monoisotopic (exact) mass is 250 g/mol. The number of aromatic nitrogens is 2. The standard InChI is InChI=1S/C13H22N4O/c1-3-17-6-4-12(5-7-17)16(2)13-9-14-8-11(10-18)15-13/h8-9,12,18H,3-7,10H2,1-2H3. The smallest absolute Gasteiger partial charge is 0.147 e. The van der Waals surface area contributed by atoms with Gasteiger partial charge in [0.1, 0.15) is 5.82 Å². The molecule has 100 valence electrons. The van der Waals surface area contributed by atoms with Crippen molar-refractivity contribution in [3.63, 3.8) is 0 Å². The van der Waals surface area contributed by atoms with E-state index in [9.17, 15) is 0 Å². The van der Waals surface area contributed by atoms with Crippen LogP contribution < -0.4 is 4.90 Å². The lowest BCUT2D eigenvalue weighted by atomic mass is 10.0. The lowest BCUT2D eigenvalue weighted by Crippen LogP contribution is -2.43. The van der Waals surface area contributed by atoms with Crippen LogP contribution >= 0.6 is 0 Å². The molecule has 1 aliphatic rings. The van der Waals surface area contributed by atoms with Crippen molar-refractivity contribution in [2.24, 2.45) is 0 Å². The van der Waals surface area contributed by atoms with E-state index in [2.05, 4.69) is 33.7 Å². The van der Waals surface area contributed by atoms with E-state index in [4.69, 9.17) is 5.11 Å². The van der Waals surface area contributed by atoms with Crippen molar-refractivity contribution >= 4 is 5.82 Å². The van der Waals surface area contributed by atoms with Gasteiger partial charge in [-0.3, -0.25) is 4.98 Å². The number of piperidine rings is 1. The first kappa shape index (κ1) is 13.2. The van der Waals surface area contributed by atoms with Crippen molar-refractivity contribution < 1.29 is 5.11 Å². The van der Waals surface area contributed by atoms with Gasteiger partial charge in [0, 0.05) is 26.2 Å². The van der Waals surface area contributed by atoms with E-state index in [1.165, 1.54) is 0 Å². The summed E-state index contributed by atoms with van der Waals surface area (Å²) in [5, 5.41) is 9.09. The minimum Gasteiger partial charge on any atom is -0.390 e. The van der Waals surface area contributed by atoms with Crippen LogP contribution in [0.4, 0.5) is 5.82 Å². The fourth-order valence-electron chi connectivity index (χ4n) is 2.45. The van der Waals surface area contributed by atoms with Gasteiger partial charge >= 0.3 is 0 Å². The van der Waals surface area contributed by atoms with Crippen LogP contribution in [0.15, 0.2) is 12.4 Å². The molecule has 0 saturated carbocycles. The van der Waals surface area contributed by atoms with Gasteiger partial charge in [0.2, 0.25) is 0 Å². The summed E-state index contributed by atoms with van der Waals surface area (Å²) in [6, 6.07) is 0.524. The zero-order valence-corrected chi connectivity index (χ0v) is 11.2. The van der Waals surface area contributed by atoms with E-state index >= 15 is 0 Å². The van der Waals surface area contributed by atoms with Gasteiger partial charge in [-0.1, -0.05) is 6.92 Å². The molecule has 1 fully saturated rings. The minimum absolute atomic E-state index is 0.0526. The van der Waals surface area contributed by atoms with E-state index in [0.29, 0.717) is 11.7 Å². The summed E-state index contributed by atoms with van der Waals surface area (Å²) in [5.74, 6) is 0.858. The number of hydrogen-bond acceptors (Lipinski definition) is 5. The number of nitrogens with zero attached hydrogens (tertiary/aromatic N) is 4. The molecule has 1 aromatic rings.